The van der Waals surface area contributed by atoms with E-state index in [9.17, 15) is 0 Å². The Labute approximate surface area is 124 Å². The lowest BCUT2D eigenvalue weighted by atomic mass is 10.0. The Morgan fingerprint density at radius 2 is 1.86 bits per heavy atom. The smallest absolute Gasteiger partial charge is 0.157 e. The molecule has 0 atom stereocenters. The molecule has 4 rings (SSSR count). The molecule has 0 aliphatic carbocycles. The molecule has 6 heteroatoms. The number of fused-ring (bicyclic) bond motifs is 1. The Hall–Kier alpha value is -1.66. The van der Waals surface area contributed by atoms with Gasteiger partial charge in [-0.05, 0) is 18.9 Å². The van der Waals surface area contributed by atoms with E-state index < -0.39 is 0 Å². The van der Waals surface area contributed by atoms with Crippen molar-refractivity contribution in [3.8, 4) is 0 Å². The predicted molar refractivity (Wildman–Crippen MR) is 80.6 cm³/mol. The minimum absolute atomic E-state index is 0.712. The first kappa shape index (κ1) is 13.0. The summed E-state index contributed by atoms with van der Waals surface area (Å²) in [6.07, 6.45) is 6.21. The summed E-state index contributed by atoms with van der Waals surface area (Å²) in [7, 11) is 0. The Balaban J connectivity index is 1.42. The third-order valence-electron chi connectivity index (χ3n) is 4.59. The average Bonchev–Trinajstić information content (AvgIpc) is 3.03. The van der Waals surface area contributed by atoms with E-state index in [1.54, 1.807) is 6.20 Å². The minimum Gasteiger partial charge on any atom is -0.379 e. The van der Waals surface area contributed by atoms with Crippen LogP contribution in [0.15, 0.2) is 24.5 Å². The van der Waals surface area contributed by atoms with Crippen LogP contribution in [0.3, 0.4) is 0 Å². The van der Waals surface area contributed by atoms with Gasteiger partial charge >= 0.3 is 0 Å². The van der Waals surface area contributed by atoms with Crippen LogP contribution in [0.1, 0.15) is 12.8 Å². The Kier molecular flexibility index (Phi) is 3.48. The Morgan fingerprint density at radius 3 is 2.67 bits per heavy atom. The van der Waals surface area contributed by atoms with Gasteiger partial charge in [0.1, 0.15) is 5.82 Å². The van der Waals surface area contributed by atoms with Crippen LogP contribution in [-0.4, -0.2) is 64.9 Å². The molecule has 4 heterocycles. The summed E-state index contributed by atoms with van der Waals surface area (Å²) in [6.45, 7) is 6.12. The van der Waals surface area contributed by atoms with Crippen LogP contribution in [0.2, 0.25) is 0 Å². The number of piperidine rings is 1. The van der Waals surface area contributed by atoms with Crippen molar-refractivity contribution in [3.63, 3.8) is 0 Å². The average molecular weight is 287 g/mol. The SMILES string of the molecule is c1cc2nc(N3CCC(N4CCOCC4)CC3)ccn2n1. The van der Waals surface area contributed by atoms with Gasteiger partial charge in [0.15, 0.2) is 5.65 Å². The maximum absolute atomic E-state index is 5.44. The number of anilines is 1. The van der Waals surface area contributed by atoms with Crippen molar-refractivity contribution in [1.29, 1.82) is 0 Å². The summed E-state index contributed by atoms with van der Waals surface area (Å²) in [6, 6.07) is 4.72. The first-order valence-corrected chi connectivity index (χ1v) is 7.77. The lowest BCUT2D eigenvalue weighted by Crippen LogP contribution is -2.49. The van der Waals surface area contributed by atoms with E-state index >= 15 is 0 Å². The van der Waals surface area contributed by atoms with E-state index in [2.05, 4.69) is 25.9 Å². The quantitative estimate of drug-likeness (QED) is 0.825. The van der Waals surface area contributed by atoms with E-state index in [1.165, 1.54) is 12.8 Å². The molecule has 2 aliphatic rings. The molecule has 2 aliphatic heterocycles. The van der Waals surface area contributed by atoms with Crippen LogP contribution < -0.4 is 4.90 Å². The monoisotopic (exact) mass is 287 g/mol. The number of rotatable bonds is 2. The molecule has 2 saturated heterocycles. The van der Waals surface area contributed by atoms with E-state index in [0.717, 1.165) is 50.9 Å². The van der Waals surface area contributed by atoms with E-state index in [-0.39, 0.29) is 0 Å². The maximum Gasteiger partial charge on any atom is 0.157 e. The molecule has 0 unspecified atom stereocenters. The fourth-order valence-electron chi connectivity index (χ4n) is 3.38. The molecule has 2 aromatic heterocycles. The van der Waals surface area contributed by atoms with Crippen LogP contribution >= 0.6 is 0 Å². The van der Waals surface area contributed by atoms with Crippen molar-refractivity contribution in [2.45, 2.75) is 18.9 Å². The number of aromatic nitrogens is 3. The van der Waals surface area contributed by atoms with Crippen LogP contribution in [-0.2, 0) is 4.74 Å². The van der Waals surface area contributed by atoms with E-state index in [4.69, 9.17) is 4.74 Å². The number of hydrogen-bond acceptors (Lipinski definition) is 5. The molecule has 0 radical (unpaired) electrons. The standard InChI is InChI=1S/C15H21N5O/c1-5-16-20-8-4-14(17-15(1)20)19-6-2-13(3-7-19)18-9-11-21-12-10-18/h1,4-5,8,13H,2-3,6-7,9-12H2. The molecule has 0 aromatic carbocycles. The van der Waals surface area contributed by atoms with E-state index in [0.29, 0.717) is 6.04 Å². The zero-order chi connectivity index (χ0) is 14.1. The third kappa shape index (κ3) is 2.61. The molecular weight excluding hydrogens is 266 g/mol. The summed E-state index contributed by atoms with van der Waals surface area (Å²) < 4.78 is 7.25. The highest BCUT2D eigenvalue weighted by atomic mass is 16.5. The largest absolute Gasteiger partial charge is 0.379 e. The number of nitrogens with zero attached hydrogens (tertiary/aromatic N) is 5. The Morgan fingerprint density at radius 1 is 1.05 bits per heavy atom. The van der Waals surface area contributed by atoms with Crippen molar-refractivity contribution in [2.75, 3.05) is 44.3 Å². The van der Waals surface area contributed by atoms with E-state index in [1.807, 2.05) is 16.8 Å². The molecule has 0 amide bonds. The molecule has 0 N–H and O–H groups in total. The van der Waals surface area contributed by atoms with Gasteiger partial charge in [-0.25, -0.2) is 9.50 Å². The Bertz CT molecular complexity index is 599. The highest BCUT2D eigenvalue weighted by Gasteiger charge is 2.26. The van der Waals surface area contributed by atoms with Gasteiger partial charge in [-0.2, -0.15) is 5.10 Å². The number of morpholine rings is 1. The molecule has 0 saturated carbocycles. The van der Waals surface area contributed by atoms with Gasteiger partial charge in [0.2, 0.25) is 0 Å². The summed E-state index contributed by atoms with van der Waals surface area (Å²) >= 11 is 0. The highest BCUT2D eigenvalue weighted by molar-refractivity contribution is 5.47. The van der Waals surface area contributed by atoms with Crippen LogP contribution in [0.25, 0.3) is 5.65 Å². The van der Waals surface area contributed by atoms with Gasteiger partial charge in [0, 0.05) is 44.5 Å². The van der Waals surface area contributed by atoms with Crippen LogP contribution in [0.4, 0.5) is 5.82 Å². The molecule has 2 aromatic rings. The van der Waals surface area contributed by atoms with Gasteiger partial charge in [-0.15, -0.1) is 0 Å². The van der Waals surface area contributed by atoms with Crippen molar-refractivity contribution in [1.82, 2.24) is 19.5 Å². The summed E-state index contributed by atoms with van der Waals surface area (Å²) in [5, 5.41) is 4.20. The van der Waals surface area contributed by atoms with Gasteiger partial charge in [0.25, 0.3) is 0 Å². The molecule has 0 spiro atoms. The van der Waals surface area contributed by atoms with Crippen molar-refractivity contribution in [2.24, 2.45) is 0 Å². The number of ether oxygens (including phenoxy) is 1. The summed E-state index contributed by atoms with van der Waals surface area (Å²) in [5.41, 5.74) is 0.919. The fourth-order valence-corrected chi connectivity index (χ4v) is 3.38. The van der Waals surface area contributed by atoms with Crippen molar-refractivity contribution < 1.29 is 4.74 Å². The maximum atomic E-state index is 5.44. The minimum atomic E-state index is 0.712. The van der Waals surface area contributed by atoms with Crippen LogP contribution in [0.5, 0.6) is 0 Å². The number of hydrogen-bond donors (Lipinski definition) is 0. The molecule has 6 nitrogen and oxygen atoms in total. The first-order valence-electron chi connectivity index (χ1n) is 7.77. The van der Waals surface area contributed by atoms with Crippen molar-refractivity contribution in [3.05, 3.63) is 24.5 Å². The first-order chi connectivity index (χ1) is 10.4. The second kappa shape index (κ2) is 5.61. The zero-order valence-corrected chi connectivity index (χ0v) is 12.2. The highest BCUT2D eigenvalue weighted by Crippen LogP contribution is 2.22. The molecule has 21 heavy (non-hydrogen) atoms. The third-order valence-corrected chi connectivity index (χ3v) is 4.59. The van der Waals surface area contributed by atoms with Crippen molar-refractivity contribution >= 4 is 11.5 Å². The van der Waals surface area contributed by atoms with Gasteiger partial charge in [0.05, 0.1) is 19.4 Å². The fraction of sp³-hybridized carbons (Fsp3) is 0.600. The second-order valence-corrected chi connectivity index (χ2v) is 5.79. The zero-order valence-electron chi connectivity index (χ0n) is 12.2. The topological polar surface area (TPSA) is 45.9 Å². The predicted octanol–water partition coefficient (Wildman–Crippen LogP) is 1.03. The molecule has 0 bridgehead atoms. The van der Waals surface area contributed by atoms with Gasteiger partial charge < -0.3 is 9.64 Å². The summed E-state index contributed by atoms with van der Waals surface area (Å²) in [4.78, 5) is 9.67. The molecule has 2 fully saturated rings. The van der Waals surface area contributed by atoms with Gasteiger partial charge in [-0.3, -0.25) is 4.90 Å². The summed E-state index contributed by atoms with van der Waals surface area (Å²) in [5.74, 6) is 1.07. The van der Waals surface area contributed by atoms with Crippen LogP contribution in [0, 0.1) is 0 Å². The van der Waals surface area contributed by atoms with Gasteiger partial charge in [-0.1, -0.05) is 0 Å². The second-order valence-electron chi connectivity index (χ2n) is 5.79. The molecular formula is C15H21N5O. The lowest BCUT2D eigenvalue weighted by molar-refractivity contribution is 0.0115. The normalized spacial score (nSPS) is 22.0. The lowest BCUT2D eigenvalue weighted by Gasteiger charge is -2.40. The molecule has 112 valence electrons.